The molecule has 1 aromatic heterocycles. The van der Waals surface area contributed by atoms with Crippen LogP contribution in [0.5, 0.6) is 0 Å². The van der Waals surface area contributed by atoms with Crippen molar-refractivity contribution < 1.29 is 0 Å². The number of nitrogens with one attached hydrogen (secondary N) is 1. The summed E-state index contributed by atoms with van der Waals surface area (Å²) in [7, 11) is 0. The second-order valence-corrected chi connectivity index (χ2v) is 7.83. The monoisotopic (exact) mass is 308 g/mol. The number of aromatic nitrogens is 2. The Morgan fingerprint density at radius 1 is 1.26 bits per heavy atom. The normalized spacial score (nSPS) is 31.4. The molecule has 4 rings (SSSR count). The van der Waals surface area contributed by atoms with E-state index < -0.39 is 0 Å². The highest BCUT2D eigenvalue weighted by molar-refractivity contribution is 5.99. The number of imidazole rings is 1. The molecule has 2 aliphatic carbocycles. The summed E-state index contributed by atoms with van der Waals surface area (Å²) in [5, 5.41) is 9.18. The average molecular weight is 308 g/mol. The minimum atomic E-state index is 0.204. The number of hydrogen-bond donors (Lipinski definition) is 1. The molecule has 2 bridgehead atoms. The van der Waals surface area contributed by atoms with Gasteiger partial charge in [-0.25, -0.2) is 4.98 Å². The molecule has 4 nitrogen and oxygen atoms in total. The van der Waals surface area contributed by atoms with Crippen LogP contribution in [-0.4, -0.2) is 21.4 Å². The summed E-state index contributed by atoms with van der Waals surface area (Å²) in [6, 6.07) is 8.05. The molecule has 0 saturated heterocycles. The van der Waals surface area contributed by atoms with E-state index in [0.29, 0.717) is 5.41 Å². The lowest BCUT2D eigenvalue weighted by Crippen LogP contribution is -2.32. The topological polar surface area (TPSA) is 53.4 Å². The van der Waals surface area contributed by atoms with E-state index in [-0.39, 0.29) is 5.41 Å². The number of aromatic amines is 1. The van der Waals surface area contributed by atoms with Crippen molar-refractivity contribution in [2.45, 2.75) is 47.0 Å². The van der Waals surface area contributed by atoms with Crippen LogP contribution in [0.1, 0.15) is 52.8 Å². The first-order valence-corrected chi connectivity index (χ1v) is 8.48. The third kappa shape index (κ3) is 2.00. The van der Waals surface area contributed by atoms with Gasteiger partial charge in [-0.1, -0.05) is 32.9 Å². The van der Waals surface area contributed by atoms with Crippen molar-refractivity contribution in [3.05, 3.63) is 30.1 Å². The summed E-state index contributed by atoms with van der Waals surface area (Å²) >= 11 is 0. The lowest BCUT2D eigenvalue weighted by atomic mass is 9.70. The van der Waals surface area contributed by atoms with E-state index in [0.717, 1.165) is 34.9 Å². The molecule has 1 aromatic carbocycles. The first-order valence-electron chi connectivity index (χ1n) is 8.48. The Kier molecular flexibility index (Phi) is 3.03. The molecule has 4 heteroatoms. The summed E-state index contributed by atoms with van der Waals surface area (Å²) < 4.78 is 0. The number of para-hydroxylation sites is 2. The largest absolute Gasteiger partial charge is 0.337 e. The SMILES string of the molecule is CC(=N/N=C1\CC2CCC1(C)C2(C)C)c1nc2ccccc2[nH]1. The van der Waals surface area contributed by atoms with Gasteiger partial charge in [-0.2, -0.15) is 10.2 Å². The third-order valence-corrected chi connectivity index (χ3v) is 6.57. The van der Waals surface area contributed by atoms with Gasteiger partial charge in [-0.15, -0.1) is 0 Å². The molecule has 0 radical (unpaired) electrons. The molecule has 2 atom stereocenters. The molecule has 2 fully saturated rings. The van der Waals surface area contributed by atoms with Gasteiger partial charge in [0.05, 0.1) is 11.0 Å². The van der Waals surface area contributed by atoms with Gasteiger partial charge in [0.15, 0.2) is 5.82 Å². The van der Waals surface area contributed by atoms with Gasteiger partial charge in [0.25, 0.3) is 0 Å². The van der Waals surface area contributed by atoms with Gasteiger partial charge in [0, 0.05) is 11.1 Å². The molecular weight excluding hydrogens is 284 g/mol. The number of benzene rings is 1. The Bertz CT molecular complexity index is 794. The first kappa shape index (κ1) is 14.6. The van der Waals surface area contributed by atoms with Crippen LogP contribution in [-0.2, 0) is 0 Å². The predicted molar refractivity (Wildman–Crippen MR) is 95.0 cm³/mol. The van der Waals surface area contributed by atoms with Crippen LogP contribution in [0.25, 0.3) is 11.0 Å². The maximum atomic E-state index is 4.66. The lowest BCUT2D eigenvalue weighted by Gasteiger charge is -2.34. The predicted octanol–water partition coefficient (Wildman–Crippen LogP) is 4.57. The molecule has 0 aliphatic heterocycles. The summed E-state index contributed by atoms with van der Waals surface area (Å²) in [6.07, 6.45) is 3.66. The van der Waals surface area contributed by atoms with E-state index in [2.05, 4.69) is 40.9 Å². The van der Waals surface area contributed by atoms with Crippen LogP contribution in [0.4, 0.5) is 0 Å². The fourth-order valence-corrected chi connectivity index (χ4v) is 4.39. The van der Waals surface area contributed by atoms with Crippen molar-refractivity contribution in [2.75, 3.05) is 0 Å². The Morgan fingerprint density at radius 3 is 2.70 bits per heavy atom. The zero-order valence-electron chi connectivity index (χ0n) is 14.3. The Balaban J connectivity index is 1.66. The molecule has 2 unspecified atom stereocenters. The van der Waals surface area contributed by atoms with Gasteiger partial charge in [0.1, 0.15) is 5.71 Å². The molecule has 2 saturated carbocycles. The van der Waals surface area contributed by atoms with Crippen LogP contribution in [0.15, 0.2) is 34.5 Å². The smallest absolute Gasteiger partial charge is 0.154 e. The van der Waals surface area contributed by atoms with Crippen molar-refractivity contribution in [1.82, 2.24) is 9.97 Å². The van der Waals surface area contributed by atoms with Gasteiger partial charge >= 0.3 is 0 Å². The number of nitrogens with zero attached hydrogens (tertiary/aromatic N) is 3. The molecule has 2 aromatic rings. The van der Waals surface area contributed by atoms with E-state index >= 15 is 0 Å². The van der Waals surface area contributed by atoms with Crippen LogP contribution in [0, 0.1) is 16.7 Å². The van der Waals surface area contributed by atoms with Crippen LogP contribution >= 0.6 is 0 Å². The van der Waals surface area contributed by atoms with Crippen molar-refractivity contribution in [3.8, 4) is 0 Å². The molecule has 23 heavy (non-hydrogen) atoms. The number of H-pyrrole nitrogens is 1. The van der Waals surface area contributed by atoms with Crippen molar-refractivity contribution >= 4 is 22.5 Å². The number of hydrogen-bond acceptors (Lipinski definition) is 3. The van der Waals surface area contributed by atoms with Gasteiger partial charge < -0.3 is 4.98 Å². The molecule has 0 amide bonds. The first-order chi connectivity index (χ1) is 10.9. The van der Waals surface area contributed by atoms with Gasteiger partial charge in [0.2, 0.25) is 0 Å². The Labute approximate surface area is 137 Å². The minimum absolute atomic E-state index is 0.204. The van der Waals surface area contributed by atoms with Crippen LogP contribution in [0.3, 0.4) is 0 Å². The van der Waals surface area contributed by atoms with Gasteiger partial charge in [-0.3, -0.25) is 0 Å². The van der Waals surface area contributed by atoms with E-state index in [9.17, 15) is 0 Å². The van der Waals surface area contributed by atoms with Crippen molar-refractivity contribution in [3.63, 3.8) is 0 Å². The Morgan fingerprint density at radius 2 is 2.04 bits per heavy atom. The van der Waals surface area contributed by atoms with Crippen LogP contribution < -0.4 is 0 Å². The van der Waals surface area contributed by atoms with E-state index in [1.54, 1.807) is 0 Å². The van der Waals surface area contributed by atoms with E-state index in [1.807, 2.05) is 31.2 Å². The fourth-order valence-electron chi connectivity index (χ4n) is 4.39. The Hall–Kier alpha value is -1.97. The highest BCUT2D eigenvalue weighted by atomic mass is 15.2. The molecule has 1 heterocycles. The van der Waals surface area contributed by atoms with Gasteiger partial charge in [-0.05, 0) is 49.7 Å². The third-order valence-electron chi connectivity index (χ3n) is 6.57. The maximum absolute atomic E-state index is 4.66. The number of fused-ring (bicyclic) bond motifs is 3. The summed E-state index contributed by atoms with van der Waals surface area (Å²) in [6.45, 7) is 9.12. The number of rotatable bonds is 2. The maximum Gasteiger partial charge on any atom is 0.154 e. The molecule has 120 valence electrons. The van der Waals surface area contributed by atoms with E-state index in [4.69, 9.17) is 0 Å². The lowest BCUT2D eigenvalue weighted by molar-refractivity contribution is 0.194. The standard InChI is InChI=1S/C19H24N4/c1-12(17-20-14-7-5-6-8-15(14)21-17)22-23-16-11-13-9-10-19(16,4)18(13,2)3/h5-8,13H,9-11H2,1-4H3,(H,20,21)/b22-12?,23-16+. The fraction of sp³-hybridized carbons (Fsp3) is 0.526. The highest BCUT2D eigenvalue weighted by Gasteiger charge is 2.59. The van der Waals surface area contributed by atoms with Crippen molar-refractivity contribution in [2.24, 2.45) is 27.0 Å². The molecular formula is C19H24N4. The summed E-state index contributed by atoms with van der Waals surface area (Å²) in [4.78, 5) is 7.92. The quantitative estimate of drug-likeness (QED) is 0.641. The van der Waals surface area contributed by atoms with E-state index in [1.165, 1.54) is 18.6 Å². The second-order valence-electron chi connectivity index (χ2n) is 7.83. The zero-order valence-corrected chi connectivity index (χ0v) is 14.3. The summed E-state index contributed by atoms with van der Waals surface area (Å²) in [5.74, 6) is 1.57. The highest BCUT2D eigenvalue weighted by Crippen LogP contribution is 2.63. The minimum Gasteiger partial charge on any atom is -0.337 e. The molecule has 2 aliphatic rings. The van der Waals surface area contributed by atoms with Crippen LogP contribution in [0.2, 0.25) is 0 Å². The zero-order chi connectivity index (χ0) is 16.2. The molecule has 0 spiro atoms. The average Bonchev–Trinajstić information content (AvgIpc) is 3.11. The molecule has 1 N–H and O–H groups in total. The summed E-state index contributed by atoms with van der Waals surface area (Å²) in [5.41, 5.74) is 4.67. The second kappa shape index (κ2) is 4.76. The van der Waals surface area contributed by atoms with Crippen molar-refractivity contribution in [1.29, 1.82) is 0 Å².